The molecule has 0 heterocycles. The van der Waals surface area contributed by atoms with Gasteiger partial charge >= 0.3 is 0 Å². The second-order valence-electron chi connectivity index (χ2n) is 5.45. The standard InChI is InChI=1S/C11H22N2OS/c1-10(2,3)8(12)9(14)13-7-11(15-4)5-6-11/h8H,5-7,12H2,1-4H3,(H,13,14). The third kappa shape index (κ3) is 3.38. The van der Waals surface area contributed by atoms with Gasteiger partial charge in [0, 0.05) is 11.3 Å². The predicted octanol–water partition coefficient (Wildman–Crippen LogP) is 1.37. The summed E-state index contributed by atoms with van der Waals surface area (Å²) in [5.41, 5.74) is 5.70. The van der Waals surface area contributed by atoms with Crippen molar-refractivity contribution in [2.45, 2.75) is 44.4 Å². The molecule has 0 saturated heterocycles. The van der Waals surface area contributed by atoms with E-state index >= 15 is 0 Å². The Hall–Kier alpha value is -0.220. The minimum Gasteiger partial charge on any atom is -0.353 e. The second-order valence-corrected chi connectivity index (χ2v) is 6.72. The van der Waals surface area contributed by atoms with Crippen LogP contribution in [0.2, 0.25) is 0 Å². The first-order chi connectivity index (χ1) is 6.81. The zero-order valence-corrected chi connectivity index (χ0v) is 10.9. The summed E-state index contributed by atoms with van der Waals surface area (Å²) in [7, 11) is 0. The van der Waals surface area contributed by atoms with Gasteiger partial charge in [-0.15, -0.1) is 0 Å². The van der Waals surface area contributed by atoms with Crippen molar-refractivity contribution in [3.8, 4) is 0 Å². The zero-order valence-electron chi connectivity index (χ0n) is 10.1. The van der Waals surface area contributed by atoms with E-state index in [1.54, 1.807) is 0 Å². The van der Waals surface area contributed by atoms with Gasteiger partial charge in [-0.1, -0.05) is 20.8 Å². The van der Waals surface area contributed by atoms with E-state index in [0.717, 1.165) is 6.54 Å². The molecule has 1 aliphatic rings. The molecule has 1 unspecified atom stereocenters. The third-order valence-electron chi connectivity index (χ3n) is 3.04. The van der Waals surface area contributed by atoms with Gasteiger partial charge in [-0.3, -0.25) is 4.79 Å². The van der Waals surface area contributed by atoms with Crippen LogP contribution in [0.3, 0.4) is 0 Å². The highest BCUT2D eigenvalue weighted by Gasteiger charge is 2.42. The molecule has 0 aromatic carbocycles. The van der Waals surface area contributed by atoms with Gasteiger partial charge < -0.3 is 11.1 Å². The Bertz CT molecular complexity index is 243. The molecular weight excluding hydrogens is 208 g/mol. The van der Waals surface area contributed by atoms with Crippen LogP contribution in [0.4, 0.5) is 0 Å². The molecule has 1 rings (SSSR count). The molecule has 0 aromatic rings. The fourth-order valence-electron chi connectivity index (χ4n) is 1.34. The maximum Gasteiger partial charge on any atom is 0.237 e. The monoisotopic (exact) mass is 230 g/mol. The van der Waals surface area contributed by atoms with Gasteiger partial charge in [-0.05, 0) is 24.5 Å². The van der Waals surface area contributed by atoms with Crippen LogP contribution < -0.4 is 11.1 Å². The molecule has 1 aliphatic carbocycles. The van der Waals surface area contributed by atoms with Crippen LogP contribution in [-0.4, -0.2) is 29.5 Å². The minimum absolute atomic E-state index is 0.0252. The van der Waals surface area contributed by atoms with E-state index in [1.807, 2.05) is 32.5 Å². The Morgan fingerprint density at radius 2 is 2.07 bits per heavy atom. The molecule has 0 radical (unpaired) electrons. The topological polar surface area (TPSA) is 55.1 Å². The number of carbonyl (C=O) groups excluding carboxylic acids is 1. The maximum absolute atomic E-state index is 11.7. The van der Waals surface area contributed by atoms with Crippen molar-refractivity contribution in [2.24, 2.45) is 11.1 Å². The summed E-state index contributed by atoms with van der Waals surface area (Å²) >= 11 is 1.84. The summed E-state index contributed by atoms with van der Waals surface area (Å²) in [6.07, 6.45) is 4.52. The Balaban J connectivity index is 2.36. The molecule has 15 heavy (non-hydrogen) atoms. The van der Waals surface area contributed by atoms with E-state index in [4.69, 9.17) is 5.73 Å². The number of carbonyl (C=O) groups is 1. The lowest BCUT2D eigenvalue weighted by Crippen LogP contribution is -2.50. The first-order valence-electron chi connectivity index (χ1n) is 5.39. The number of amides is 1. The number of nitrogens with one attached hydrogen (secondary N) is 1. The van der Waals surface area contributed by atoms with E-state index in [9.17, 15) is 4.79 Å². The lowest BCUT2D eigenvalue weighted by Gasteiger charge is -2.26. The predicted molar refractivity (Wildman–Crippen MR) is 65.9 cm³/mol. The van der Waals surface area contributed by atoms with E-state index < -0.39 is 6.04 Å². The van der Waals surface area contributed by atoms with E-state index in [-0.39, 0.29) is 11.3 Å². The average molecular weight is 230 g/mol. The van der Waals surface area contributed by atoms with Gasteiger partial charge in [-0.25, -0.2) is 0 Å². The molecule has 88 valence electrons. The molecule has 4 heteroatoms. The maximum atomic E-state index is 11.7. The average Bonchev–Trinajstić information content (AvgIpc) is 2.92. The van der Waals surface area contributed by atoms with Crippen molar-refractivity contribution in [2.75, 3.05) is 12.8 Å². The van der Waals surface area contributed by atoms with Crippen LogP contribution in [0.15, 0.2) is 0 Å². The zero-order chi connectivity index (χ0) is 11.7. The number of rotatable bonds is 4. The molecule has 0 spiro atoms. The highest BCUT2D eigenvalue weighted by atomic mass is 32.2. The molecule has 0 bridgehead atoms. The molecule has 1 saturated carbocycles. The van der Waals surface area contributed by atoms with Gasteiger partial charge in [-0.2, -0.15) is 11.8 Å². The van der Waals surface area contributed by atoms with Crippen LogP contribution in [0.1, 0.15) is 33.6 Å². The number of hydrogen-bond donors (Lipinski definition) is 2. The molecule has 0 aliphatic heterocycles. The minimum atomic E-state index is -0.421. The van der Waals surface area contributed by atoms with Gasteiger partial charge in [0.05, 0.1) is 6.04 Å². The highest BCUT2D eigenvalue weighted by molar-refractivity contribution is 8.00. The first-order valence-corrected chi connectivity index (χ1v) is 6.62. The molecule has 0 aromatic heterocycles. The summed E-state index contributed by atoms with van der Waals surface area (Å²) < 4.78 is 0.313. The normalized spacial score (nSPS) is 20.9. The van der Waals surface area contributed by atoms with Gasteiger partial charge in [0.15, 0.2) is 0 Å². The van der Waals surface area contributed by atoms with Crippen molar-refractivity contribution in [3.63, 3.8) is 0 Å². The van der Waals surface area contributed by atoms with Crippen molar-refractivity contribution in [3.05, 3.63) is 0 Å². The largest absolute Gasteiger partial charge is 0.353 e. The van der Waals surface area contributed by atoms with Crippen molar-refractivity contribution >= 4 is 17.7 Å². The second kappa shape index (κ2) is 4.34. The summed E-state index contributed by atoms with van der Waals surface area (Å²) in [4.78, 5) is 11.7. The molecule has 3 N–H and O–H groups in total. The molecule has 1 fully saturated rings. The van der Waals surface area contributed by atoms with Gasteiger partial charge in [0.25, 0.3) is 0 Å². The van der Waals surface area contributed by atoms with Crippen LogP contribution >= 0.6 is 11.8 Å². The summed E-state index contributed by atoms with van der Waals surface area (Å²) in [5, 5.41) is 2.96. The molecular formula is C11H22N2OS. The van der Waals surface area contributed by atoms with Gasteiger partial charge in [0.2, 0.25) is 5.91 Å². The van der Waals surface area contributed by atoms with Crippen molar-refractivity contribution < 1.29 is 4.79 Å². The highest BCUT2D eigenvalue weighted by Crippen LogP contribution is 2.46. The lowest BCUT2D eigenvalue weighted by molar-refractivity contribution is -0.124. The Morgan fingerprint density at radius 1 is 1.53 bits per heavy atom. The van der Waals surface area contributed by atoms with Crippen LogP contribution in [0.25, 0.3) is 0 Å². The van der Waals surface area contributed by atoms with E-state index in [0.29, 0.717) is 4.75 Å². The summed E-state index contributed by atoms with van der Waals surface area (Å²) in [6, 6.07) is -0.421. The van der Waals surface area contributed by atoms with Crippen molar-refractivity contribution in [1.82, 2.24) is 5.32 Å². The van der Waals surface area contributed by atoms with Crippen molar-refractivity contribution in [1.29, 1.82) is 0 Å². The van der Waals surface area contributed by atoms with E-state index in [1.165, 1.54) is 12.8 Å². The number of thioether (sulfide) groups is 1. The summed E-state index contributed by atoms with van der Waals surface area (Å²) in [6.45, 7) is 6.72. The smallest absolute Gasteiger partial charge is 0.237 e. The van der Waals surface area contributed by atoms with Crippen LogP contribution in [0, 0.1) is 5.41 Å². The quantitative estimate of drug-likeness (QED) is 0.767. The fraction of sp³-hybridized carbons (Fsp3) is 0.909. The first kappa shape index (κ1) is 12.8. The summed E-state index contributed by atoms with van der Waals surface area (Å²) in [5.74, 6) is -0.0252. The van der Waals surface area contributed by atoms with Gasteiger partial charge in [0.1, 0.15) is 0 Å². The molecule has 1 atom stereocenters. The van der Waals surface area contributed by atoms with E-state index in [2.05, 4.69) is 11.6 Å². The lowest BCUT2D eigenvalue weighted by atomic mass is 9.87. The molecule has 1 amide bonds. The number of nitrogens with two attached hydrogens (primary N) is 1. The SMILES string of the molecule is CSC1(CNC(=O)C(N)C(C)(C)C)CC1. The fourth-order valence-corrected chi connectivity index (χ4v) is 2.07. The van der Waals surface area contributed by atoms with Crippen LogP contribution in [0.5, 0.6) is 0 Å². The number of hydrogen-bond acceptors (Lipinski definition) is 3. The molecule has 3 nitrogen and oxygen atoms in total. The van der Waals surface area contributed by atoms with Crippen LogP contribution in [-0.2, 0) is 4.79 Å². The Morgan fingerprint density at radius 3 is 2.40 bits per heavy atom. The Labute approximate surface area is 96.6 Å². The Kier molecular flexibility index (Phi) is 3.71. The third-order valence-corrected chi connectivity index (χ3v) is 4.46.